The summed E-state index contributed by atoms with van der Waals surface area (Å²) in [7, 11) is 0. The molecule has 4 heterocycles. The van der Waals surface area contributed by atoms with Gasteiger partial charge in [-0.15, -0.1) is 0 Å². The summed E-state index contributed by atoms with van der Waals surface area (Å²) in [6.07, 6.45) is 6.87. The second-order valence-corrected chi connectivity index (χ2v) is 11.0. The third-order valence-corrected chi connectivity index (χ3v) is 8.47. The molecule has 1 atom stereocenters. The van der Waals surface area contributed by atoms with Gasteiger partial charge in [0, 0.05) is 52.5 Å². The van der Waals surface area contributed by atoms with Crippen LogP contribution >= 0.6 is 0 Å². The quantitative estimate of drug-likeness (QED) is 0.257. The van der Waals surface area contributed by atoms with Crippen molar-refractivity contribution in [1.82, 2.24) is 15.3 Å². The van der Waals surface area contributed by atoms with Crippen LogP contribution in [0.25, 0.3) is 12.2 Å². The second kappa shape index (κ2) is 12.6. The smallest absolute Gasteiger partial charge is 0.303 e. The summed E-state index contributed by atoms with van der Waals surface area (Å²) in [4.78, 5) is 58.8. The molecular formula is C33H38N4O6. The Bertz CT molecular complexity index is 1760. The predicted molar refractivity (Wildman–Crippen MR) is 164 cm³/mol. The number of aliphatic imine (C=N–C) groups is 1. The van der Waals surface area contributed by atoms with Gasteiger partial charge in [0.25, 0.3) is 5.91 Å². The monoisotopic (exact) mass is 586 g/mol. The third kappa shape index (κ3) is 6.38. The van der Waals surface area contributed by atoms with Crippen molar-refractivity contribution in [3.63, 3.8) is 0 Å². The highest BCUT2D eigenvalue weighted by Gasteiger charge is 2.29. The van der Waals surface area contributed by atoms with E-state index >= 15 is 0 Å². The molecule has 2 aromatic heterocycles. The maximum absolute atomic E-state index is 12.3. The molecule has 0 spiro atoms. The van der Waals surface area contributed by atoms with Crippen LogP contribution in [0, 0.1) is 13.8 Å². The lowest BCUT2D eigenvalue weighted by Gasteiger charge is -2.13. The zero-order valence-corrected chi connectivity index (χ0v) is 25.2. The minimum absolute atomic E-state index is 0.0655. The van der Waals surface area contributed by atoms with E-state index in [1.165, 1.54) is 0 Å². The Morgan fingerprint density at radius 1 is 0.907 bits per heavy atom. The van der Waals surface area contributed by atoms with Crippen LogP contribution in [0.4, 0.5) is 0 Å². The fraction of sp³-hybridized carbons (Fsp3) is 0.364. The van der Waals surface area contributed by atoms with Crippen LogP contribution < -0.4 is 16.0 Å². The number of nitrogens with zero attached hydrogens (tertiary/aromatic N) is 1. The summed E-state index contributed by atoms with van der Waals surface area (Å²) in [5.74, 6) is -2.22. The van der Waals surface area contributed by atoms with E-state index in [-0.39, 0.29) is 43.5 Å². The number of carbonyl (C=O) groups is 4. The van der Waals surface area contributed by atoms with Crippen LogP contribution in [0.5, 0.6) is 0 Å². The molecule has 226 valence electrons. The normalized spacial score (nSPS) is 17.8. The highest BCUT2D eigenvalue weighted by molar-refractivity contribution is 6.30. The molecular weight excluding hydrogens is 548 g/mol. The number of aromatic amines is 2. The van der Waals surface area contributed by atoms with E-state index in [9.17, 15) is 29.4 Å². The Kier molecular flexibility index (Phi) is 9.18. The molecule has 0 saturated heterocycles. The maximum atomic E-state index is 12.3. The zero-order valence-electron chi connectivity index (χ0n) is 25.2. The van der Waals surface area contributed by atoms with Crippen molar-refractivity contribution in [2.24, 2.45) is 4.99 Å². The Hall–Kier alpha value is -4.73. The number of carboxylic acid groups (broad SMARTS) is 2. The van der Waals surface area contributed by atoms with Gasteiger partial charge in [-0.2, -0.15) is 0 Å². The molecule has 2 amide bonds. The molecule has 10 heteroatoms. The lowest BCUT2D eigenvalue weighted by atomic mass is 9.98. The number of carbonyl (C=O) groups excluding carboxylic acids is 2. The van der Waals surface area contributed by atoms with Crippen molar-refractivity contribution in [3.05, 3.63) is 79.3 Å². The van der Waals surface area contributed by atoms with E-state index in [0.717, 1.165) is 44.4 Å². The van der Waals surface area contributed by atoms with E-state index in [4.69, 9.17) is 0 Å². The summed E-state index contributed by atoms with van der Waals surface area (Å²) in [5.41, 5.74) is 8.49. The van der Waals surface area contributed by atoms with Crippen molar-refractivity contribution >= 4 is 41.6 Å². The van der Waals surface area contributed by atoms with Crippen molar-refractivity contribution < 1.29 is 29.4 Å². The lowest BCUT2D eigenvalue weighted by molar-refractivity contribution is -0.138. The van der Waals surface area contributed by atoms with E-state index in [1.54, 1.807) is 13.0 Å². The molecule has 5 N–H and O–H groups in total. The van der Waals surface area contributed by atoms with Gasteiger partial charge in [0.15, 0.2) is 0 Å². The molecule has 0 saturated carbocycles. The summed E-state index contributed by atoms with van der Waals surface area (Å²) in [6.45, 7) is 13.2. The first-order valence-corrected chi connectivity index (χ1v) is 14.4. The molecule has 0 aliphatic carbocycles. The number of carboxylic acids is 2. The number of aliphatic carboxylic acids is 2. The van der Waals surface area contributed by atoms with Gasteiger partial charge in [0.05, 0.1) is 11.8 Å². The number of aromatic nitrogens is 2. The van der Waals surface area contributed by atoms with Gasteiger partial charge in [-0.1, -0.05) is 19.6 Å². The molecule has 0 unspecified atom stereocenters. The Morgan fingerprint density at radius 2 is 1.56 bits per heavy atom. The average Bonchev–Trinajstić information content (AvgIpc) is 3.59. The Balaban J connectivity index is 1.86. The summed E-state index contributed by atoms with van der Waals surface area (Å²) in [5, 5.41) is 23.3. The highest BCUT2D eigenvalue weighted by Crippen LogP contribution is 2.27. The maximum Gasteiger partial charge on any atom is 0.303 e. The number of rotatable bonds is 12. The van der Waals surface area contributed by atoms with Crippen molar-refractivity contribution in [3.8, 4) is 0 Å². The van der Waals surface area contributed by atoms with Crippen molar-refractivity contribution in [2.75, 3.05) is 0 Å². The fourth-order valence-corrected chi connectivity index (χ4v) is 5.91. The van der Waals surface area contributed by atoms with Crippen LogP contribution in [0.1, 0.15) is 73.7 Å². The molecule has 2 aliphatic heterocycles. The van der Waals surface area contributed by atoms with Gasteiger partial charge in [0.2, 0.25) is 5.91 Å². The molecule has 4 rings (SSSR count). The number of H-pyrrole nitrogens is 2. The molecule has 10 nitrogen and oxygen atoms in total. The first kappa shape index (κ1) is 31.2. The average molecular weight is 587 g/mol. The zero-order chi connectivity index (χ0) is 31.6. The van der Waals surface area contributed by atoms with Gasteiger partial charge in [-0.3, -0.25) is 19.2 Å². The van der Waals surface area contributed by atoms with Gasteiger partial charge in [-0.25, -0.2) is 4.99 Å². The molecule has 0 aromatic carbocycles. The van der Waals surface area contributed by atoms with Crippen LogP contribution in [0.2, 0.25) is 0 Å². The first-order chi connectivity index (χ1) is 20.4. The van der Waals surface area contributed by atoms with E-state index in [2.05, 4.69) is 26.9 Å². The minimum atomic E-state index is -0.922. The molecule has 43 heavy (non-hydrogen) atoms. The number of hydrogen-bond acceptors (Lipinski definition) is 4. The van der Waals surface area contributed by atoms with Crippen LogP contribution in [-0.2, 0) is 38.4 Å². The topological polar surface area (TPSA) is 165 Å². The second-order valence-electron chi connectivity index (χ2n) is 11.0. The number of amides is 2. The number of nitrogens with one attached hydrogen (secondary N) is 3. The van der Waals surface area contributed by atoms with Crippen LogP contribution in [-0.4, -0.2) is 55.7 Å². The standard InChI is InChI=1S/C33H38N4O6/c1-7-20-19(6)32(42)37-27(20)14-25-18(5)23(10-12-31(40)41)29(35-25)15-28-22(9-11-30(38)39)17(4)24(34-28)13-26-16(3)21(8-2)33(43)36-26/h7,13,15,27,34-35H,1,8-12,14H2,2-6H3,(H,37,42)(H,38,39)(H,40,41)/b24-13-,28-15-/t27-/m0/s1. The van der Waals surface area contributed by atoms with Crippen LogP contribution in [0.15, 0.2) is 39.9 Å². The van der Waals surface area contributed by atoms with Crippen LogP contribution in [0.3, 0.4) is 0 Å². The van der Waals surface area contributed by atoms with Gasteiger partial charge >= 0.3 is 11.9 Å². The SMILES string of the molecule is C=CC1=C(C)C(=O)N[C@H]1Cc1[nH]c(/C=c2\[nH]/c(=C\C3=NC(=O)C(CC)=C3C)c(C)c2CCC(=O)O)c(CCC(=O)O)c1C. The van der Waals surface area contributed by atoms with Crippen molar-refractivity contribution in [1.29, 1.82) is 0 Å². The molecule has 2 aliphatic rings. The minimum Gasteiger partial charge on any atom is -0.481 e. The Morgan fingerprint density at radius 3 is 2.14 bits per heavy atom. The largest absolute Gasteiger partial charge is 0.481 e. The molecule has 0 radical (unpaired) electrons. The van der Waals surface area contributed by atoms with E-state index < -0.39 is 11.9 Å². The predicted octanol–water partition coefficient (Wildman–Crippen LogP) is 2.85. The molecule has 0 bridgehead atoms. The molecule has 2 aromatic rings. The fourth-order valence-electron chi connectivity index (χ4n) is 5.91. The lowest BCUT2D eigenvalue weighted by Crippen LogP contribution is -2.30. The summed E-state index contributed by atoms with van der Waals surface area (Å²) in [6, 6.07) is -0.262. The molecule has 0 fully saturated rings. The third-order valence-electron chi connectivity index (χ3n) is 8.47. The van der Waals surface area contributed by atoms with Gasteiger partial charge in [0.1, 0.15) is 0 Å². The summed E-state index contributed by atoms with van der Waals surface area (Å²) >= 11 is 0. The summed E-state index contributed by atoms with van der Waals surface area (Å²) < 4.78 is 0. The van der Waals surface area contributed by atoms with E-state index in [0.29, 0.717) is 40.7 Å². The van der Waals surface area contributed by atoms with Gasteiger partial charge in [-0.05, 0) is 92.5 Å². The van der Waals surface area contributed by atoms with E-state index in [1.807, 2.05) is 39.8 Å². The van der Waals surface area contributed by atoms with Crippen molar-refractivity contribution in [2.45, 2.75) is 79.2 Å². The number of hydrogen-bond donors (Lipinski definition) is 5. The Labute approximate surface area is 249 Å². The first-order valence-electron chi connectivity index (χ1n) is 14.4. The highest BCUT2D eigenvalue weighted by atomic mass is 16.4. The number of allylic oxidation sites excluding steroid dienone is 1. The van der Waals surface area contributed by atoms with Gasteiger partial charge < -0.3 is 25.5 Å².